The largest absolute Gasteiger partial charge is 0.391 e. The highest BCUT2D eigenvalue weighted by Gasteiger charge is 2.25. The Hall–Kier alpha value is -1.02. The highest BCUT2D eigenvalue weighted by atomic mass is 16.3. The van der Waals surface area contributed by atoms with E-state index in [2.05, 4.69) is 37.4 Å². The van der Waals surface area contributed by atoms with Crippen LogP contribution in [0.5, 0.6) is 0 Å². The van der Waals surface area contributed by atoms with Gasteiger partial charge in [0.1, 0.15) is 0 Å². The Labute approximate surface area is 91.3 Å². The first-order valence-electron chi connectivity index (χ1n) is 5.69. The summed E-state index contributed by atoms with van der Waals surface area (Å²) < 4.78 is 0. The van der Waals surface area contributed by atoms with Crippen molar-refractivity contribution < 1.29 is 5.11 Å². The Morgan fingerprint density at radius 1 is 1.27 bits per heavy atom. The molecule has 1 saturated carbocycles. The molecule has 0 aromatic heterocycles. The number of aliphatic hydroxyl groups is 1. The summed E-state index contributed by atoms with van der Waals surface area (Å²) in [4.78, 5) is 0. The van der Waals surface area contributed by atoms with Crippen molar-refractivity contribution in [2.24, 2.45) is 0 Å². The number of aryl methyl sites for hydroxylation is 1. The predicted octanol–water partition coefficient (Wildman–Crippen LogP) is 2.63. The van der Waals surface area contributed by atoms with Crippen LogP contribution in [0.15, 0.2) is 18.2 Å². The number of rotatable bonds is 2. The second-order valence-electron chi connectivity index (χ2n) is 4.50. The molecule has 1 aromatic rings. The second-order valence-corrected chi connectivity index (χ2v) is 4.50. The lowest BCUT2D eigenvalue weighted by Gasteiger charge is -2.20. The van der Waals surface area contributed by atoms with Crippen molar-refractivity contribution in [3.8, 4) is 0 Å². The van der Waals surface area contributed by atoms with Crippen LogP contribution >= 0.6 is 0 Å². The summed E-state index contributed by atoms with van der Waals surface area (Å²) >= 11 is 0. The van der Waals surface area contributed by atoms with Crippen LogP contribution in [0.2, 0.25) is 0 Å². The average Bonchev–Trinajstić information content (AvgIpc) is 2.60. The zero-order chi connectivity index (χ0) is 10.8. The van der Waals surface area contributed by atoms with E-state index in [4.69, 9.17) is 0 Å². The molecule has 2 atom stereocenters. The third-order valence-electron chi connectivity index (χ3n) is 3.43. The summed E-state index contributed by atoms with van der Waals surface area (Å²) in [6.07, 6.45) is 2.96. The normalized spacial score (nSPS) is 25.5. The van der Waals surface area contributed by atoms with E-state index in [1.165, 1.54) is 16.8 Å². The van der Waals surface area contributed by atoms with E-state index in [-0.39, 0.29) is 12.1 Å². The molecule has 2 nitrogen and oxygen atoms in total. The maximum Gasteiger partial charge on any atom is 0.0741 e. The van der Waals surface area contributed by atoms with Crippen molar-refractivity contribution in [1.82, 2.24) is 0 Å². The van der Waals surface area contributed by atoms with E-state index >= 15 is 0 Å². The average molecular weight is 205 g/mol. The highest BCUT2D eigenvalue weighted by Crippen LogP contribution is 2.25. The molecule has 15 heavy (non-hydrogen) atoms. The van der Waals surface area contributed by atoms with Crippen LogP contribution in [0, 0.1) is 13.8 Å². The van der Waals surface area contributed by atoms with Gasteiger partial charge in [-0.25, -0.2) is 0 Å². The number of benzene rings is 1. The number of anilines is 1. The van der Waals surface area contributed by atoms with Crippen molar-refractivity contribution in [3.05, 3.63) is 29.3 Å². The Balaban J connectivity index is 2.13. The highest BCUT2D eigenvalue weighted by molar-refractivity contribution is 5.54. The van der Waals surface area contributed by atoms with Crippen molar-refractivity contribution in [2.75, 3.05) is 5.32 Å². The first kappa shape index (κ1) is 10.5. The molecule has 0 radical (unpaired) electrons. The minimum absolute atomic E-state index is 0.176. The number of hydrogen-bond acceptors (Lipinski definition) is 2. The van der Waals surface area contributed by atoms with Crippen LogP contribution in [-0.4, -0.2) is 17.3 Å². The molecule has 1 fully saturated rings. The maximum atomic E-state index is 9.75. The van der Waals surface area contributed by atoms with Gasteiger partial charge in [-0.05, 0) is 50.3 Å². The maximum absolute atomic E-state index is 9.75. The second kappa shape index (κ2) is 4.23. The standard InChI is InChI=1S/C13H19NO/c1-9-5-3-6-11(10(9)2)14-12-7-4-8-13(12)15/h3,5-6,12-15H,4,7-8H2,1-2H3/t12-,13-/m0/s1. The molecule has 0 unspecified atom stereocenters. The van der Waals surface area contributed by atoms with E-state index in [1.54, 1.807) is 0 Å². The molecule has 0 saturated heterocycles. The van der Waals surface area contributed by atoms with E-state index < -0.39 is 0 Å². The van der Waals surface area contributed by atoms with Crippen molar-refractivity contribution >= 4 is 5.69 Å². The summed E-state index contributed by atoms with van der Waals surface area (Å²) in [5.41, 5.74) is 3.75. The lowest BCUT2D eigenvalue weighted by molar-refractivity contribution is 0.172. The monoisotopic (exact) mass is 205 g/mol. The Bertz CT molecular complexity index is 348. The molecule has 0 aliphatic heterocycles. The molecule has 0 spiro atoms. The molecular formula is C13H19NO. The lowest BCUT2D eigenvalue weighted by atomic mass is 10.1. The lowest BCUT2D eigenvalue weighted by Crippen LogP contribution is -2.28. The van der Waals surface area contributed by atoms with Gasteiger partial charge in [0.2, 0.25) is 0 Å². The van der Waals surface area contributed by atoms with Crippen LogP contribution in [0.1, 0.15) is 30.4 Å². The number of nitrogens with one attached hydrogen (secondary N) is 1. The van der Waals surface area contributed by atoms with Crippen LogP contribution in [0.3, 0.4) is 0 Å². The van der Waals surface area contributed by atoms with Gasteiger partial charge in [-0.1, -0.05) is 12.1 Å². The van der Waals surface area contributed by atoms with Gasteiger partial charge in [-0.2, -0.15) is 0 Å². The topological polar surface area (TPSA) is 32.3 Å². The molecule has 1 aliphatic carbocycles. The Morgan fingerprint density at radius 2 is 2.07 bits per heavy atom. The van der Waals surface area contributed by atoms with Gasteiger partial charge in [0.25, 0.3) is 0 Å². The summed E-state index contributed by atoms with van der Waals surface area (Å²) in [6.45, 7) is 4.24. The van der Waals surface area contributed by atoms with E-state index in [9.17, 15) is 5.11 Å². The minimum atomic E-state index is -0.176. The molecule has 2 rings (SSSR count). The molecule has 0 heterocycles. The van der Waals surface area contributed by atoms with E-state index in [0.29, 0.717) is 0 Å². The Kier molecular flexibility index (Phi) is 2.96. The first-order valence-corrected chi connectivity index (χ1v) is 5.69. The van der Waals surface area contributed by atoms with Crippen LogP contribution in [-0.2, 0) is 0 Å². The predicted molar refractivity (Wildman–Crippen MR) is 63.2 cm³/mol. The van der Waals surface area contributed by atoms with Gasteiger partial charge in [0.05, 0.1) is 12.1 Å². The molecule has 2 N–H and O–H groups in total. The van der Waals surface area contributed by atoms with Crippen molar-refractivity contribution in [1.29, 1.82) is 0 Å². The minimum Gasteiger partial charge on any atom is -0.391 e. The quantitative estimate of drug-likeness (QED) is 0.778. The molecule has 82 valence electrons. The van der Waals surface area contributed by atoms with Crippen LogP contribution < -0.4 is 5.32 Å². The van der Waals surface area contributed by atoms with Crippen molar-refractivity contribution in [2.45, 2.75) is 45.3 Å². The van der Waals surface area contributed by atoms with E-state index in [0.717, 1.165) is 19.3 Å². The van der Waals surface area contributed by atoms with Gasteiger partial charge in [-0.3, -0.25) is 0 Å². The van der Waals surface area contributed by atoms with Crippen LogP contribution in [0.25, 0.3) is 0 Å². The summed E-state index contributed by atoms with van der Waals surface area (Å²) in [7, 11) is 0. The third kappa shape index (κ3) is 2.15. The molecular weight excluding hydrogens is 186 g/mol. The van der Waals surface area contributed by atoms with Gasteiger partial charge in [-0.15, -0.1) is 0 Å². The number of aliphatic hydroxyl groups excluding tert-OH is 1. The zero-order valence-electron chi connectivity index (χ0n) is 9.46. The molecule has 1 aliphatic rings. The van der Waals surface area contributed by atoms with Gasteiger partial charge >= 0.3 is 0 Å². The van der Waals surface area contributed by atoms with E-state index in [1.807, 2.05) is 0 Å². The molecule has 0 bridgehead atoms. The molecule has 0 amide bonds. The summed E-state index contributed by atoms with van der Waals surface area (Å²) in [6, 6.07) is 6.51. The number of hydrogen-bond donors (Lipinski definition) is 2. The summed E-state index contributed by atoms with van der Waals surface area (Å²) in [5.74, 6) is 0. The Morgan fingerprint density at radius 3 is 2.73 bits per heavy atom. The van der Waals surface area contributed by atoms with Crippen molar-refractivity contribution in [3.63, 3.8) is 0 Å². The van der Waals surface area contributed by atoms with Gasteiger partial charge in [0.15, 0.2) is 0 Å². The fourth-order valence-corrected chi connectivity index (χ4v) is 2.22. The SMILES string of the molecule is Cc1cccc(N[C@H]2CCC[C@@H]2O)c1C. The smallest absolute Gasteiger partial charge is 0.0741 e. The third-order valence-corrected chi connectivity index (χ3v) is 3.43. The first-order chi connectivity index (χ1) is 7.18. The molecule has 1 aromatic carbocycles. The zero-order valence-corrected chi connectivity index (χ0v) is 9.46. The molecule has 2 heteroatoms. The fourth-order valence-electron chi connectivity index (χ4n) is 2.22. The van der Waals surface area contributed by atoms with Crippen LogP contribution in [0.4, 0.5) is 5.69 Å². The van der Waals surface area contributed by atoms with Gasteiger partial charge < -0.3 is 10.4 Å². The van der Waals surface area contributed by atoms with Gasteiger partial charge in [0, 0.05) is 5.69 Å². The fraction of sp³-hybridized carbons (Fsp3) is 0.538. The summed E-state index contributed by atoms with van der Waals surface area (Å²) in [5, 5.41) is 13.2.